The quantitative estimate of drug-likeness (QED) is 0.485. The summed E-state index contributed by atoms with van der Waals surface area (Å²) in [5.41, 5.74) is 2.94. The van der Waals surface area contributed by atoms with Gasteiger partial charge in [-0.05, 0) is 42.2 Å². The van der Waals surface area contributed by atoms with Gasteiger partial charge in [0.25, 0.3) is 0 Å². The van der Waals surface area contributed by atoms with E-state index in [4.69, 9.17) is 0 Å². The molecule has 3 amide bonds. The molecular formula is C21H24Br2N2O3. The standard InChI is InChI=1S/C21H24Br2N2O3/c1-3-10-6-5-7-11(4-2)19(10)24-14(26)9-25-20(27)15-12-8-13(16(15)21(25)28)18(23)17(12)22/h5-7,12-13,15-18H,3-4,8-9H2,1-2H3,(H,24,26)/t12-,13-,15-,16+,17+,18+/m1/s1. The van der Waals surface area contributed by atoms with Crippen LogP contribution >= 0.6 is 31.9 Å². The number of para-hydroxylation sites is 1. The molecule has 0 spiro atoms. The van der Waals surface area contributed by atoms with Crippen LogP contribution in [0.25, 0.3) is 0 Å². The van der Waals surface area contributed by atoms with Crippen molar-refractivity contribution in [1.82, 2.24) is 4.90 Å². The average Bonchev–Trinajstić information content (AvgIpc) is 3.29. The maximum atomic E-state index is 13.0. The van der Waals surface area contributed by atoms with E-state index < -0.39 is 0 Å². The summed E-state index contributed by atoms with van der Waals surface area (Å²) in [6, 6.07) is 5.98. The number of fused-ring (bicyclic) bond motifs is 5. The molecule has 0 radical (unpaired) electrons. The average molecular weight is 512 g/mol. The van der Waals surface area contributed by atoms with Crippen molar-refractivity contribution in [3.8, 4) is 0 Å². The van der Waals surface area contributed by atoms with Gasteiger partial charge in [-0.15, -0.1) is 0 Å². The molecule has 2 saturated carbocycles. The van der Waals surface area contributed by atoms with Gasteiger partial charge in [0.1, 0.15) is 6.54 Å². The predicted molar refractivity (Wildman–Crippen MR) is 115 cm³/mol. The molecule has 3 aliphatic rings. The van der Waals surface area contributed by atoms with Crippen LogP contribution in [0.3, 0.4) is 0 Å². The molecule has 2 aliphatic carbocycles. The summed E-state index contributed by atoms with van der Waals surface area (Å²) in [6.07, 6.45) is 2.50. The normalized spacial score (nSPS) is 33.5. The van der Waals surface area contributed by atoms with E-state index in [1.165, 1.54) is 4.90 Å². The van der Waals surface area contributed by atoms with Crippen LogP contribution in [0.1, 0.15) is 31.4 Å². The Balaban J connectivity index is 1.51. The van der Waals surface area contributed by atoms with Crippen LogP contribution in [-0.2, 0) is 27.2 Å². The fourth-order valence-electron chi connectivity index (χ4n) is 5.29. The Morgan fingerprint density at radius 3 is 2.00 bits per heavy atom. The van der Waals surface area contributed by atoms with E-state index in [-0.39, 0.29) is 57.6 Å². The molecule has 0 aromatic heterocycles. The largest absolute Gasteiger partial charge is 0.324 e. The second-order valence-corrected chi connectivity index (χ2v) is 10.1. The zero-order valence-electron chi connectivity index (χ0n) is 16.0. The van der Waals surface area contributed by atoms with Crippen molar-refractivity contribution in [3.05, 3.63) is 29.3 Å². The van der Waals surface area contributed by atoms with Crippen molar-refractivity contribution >= 4 is 55.3 Å². The number of halogens is 2. The number of hydrogen-bond acceptors (Lipinski definition) is 3. The zero-order valence-corrected chi connectivity index (χ0v) is 19.1. The third-order valence-electron chi connectivity index (χ3n) is 6.64. The third kappa shape index (κ3) is 2.96. The van der Waals surface area contributed by atoms with Crippen LogP contribution in [0.5, 0.6) is 0 Å². The molecule has 1 aromatic carbocycles. The van der Waals surface area contributed by atoms with Gasteiger partial charge in [0.15, 0.2) is 0 Å². The Hall–Kier alpha value is -1.21. The summed E-state index contributed by atoms with van der Waals surface area (Å²) in [6.45, 7) is 3.88. The summed E-state index contributed by atoms with van der Waals surface area (Å²) in [4.78, 5) is 40.3. The van der Waals surface area contributed by atoms with Crippen molar-refractivity contribution < 1.29 is 14.4 Å². The van der Waals surface area contributed by atoms with Gasteiger partial charge in [0.05, 0.1) is 11.8 Å². The first-order valence-electron chi connectivity index (χ1n) is 9.92. The Kier molecular flexibility index (Phi) is 5.42. The van der Waals surface area contributed by atoms with E-state index in [1.807, 2.05) is 32.0 Å². The fourth-order valence-corrected chi connectivity index (χ4v) is 7.17. The molecule has 5 nitrogen and oxygen atoms in total. The first-order valence-corrected chi connectivity index (χ1v) is 11.8. The van der Waals surface area contributed by atoms with E-state index in [9.17, 15) is 14.4 Å². The number of aryl methyl sites for hydroxylation is 2. The van der Waals surface area contributed by atoms with Crippen molar-refractivity contribution in [3.63, 3.8) is 0 Å². The molecule has 4 rings (SSSR count). The number of carbonyl (C=O) groups is 3. The number of alkyl halides is 2. The molecule has 3 fully saturated rings. The van der Waals surface area contributed by atoms with Gasteiger partial charge in [-0.3, -0.25) is 19.3 Å². The first kappa shape index (κ1) is 20.1. The molecule has 150 valence electrons. The molecule has 0 unspecified atom stereocenters. The van der Waals surface area contributed by atoms with Crippen molar-refractivity contribution in [2.45, 2.75) is 42.8 Å². The van der Waals surface area contributed by atoms with Crippen molar-refractivity contribution in [2.24, 2.45) is 23.7 Å². The number of nitrogens with zero attached hydrogens (tertiary/aromatic N) is 1. The number of carbonyl (C=O) groups excluding carboxylic acids is 3. The lowest BCUT2D eigenvalue weighted by molar-refractivity contribution is -0.143. The number of hydrogen-bond donors (Lipinski definition) is 1. The van der Waals surface area contributed by atoms with E-state index in [0.29, 0.717) is 0 Å². The molecular weight excluding hydrogens is 488 g/mol. The molecule has 7 heteroatoms. The maximum absolute atomic E-state index is 13.0. The van der Waals surface area contributed by atoms with Crippen LogP contribution in [0.2, 0.25) is 0 Å². The highest BCUT2D eigenvalue weighted by Gasteiger charge is 2.66. The number of anilines is 1. The van der Waals surface area contributed by atoms with Crippen LogP contribution in [0, 0.1) is 23.7 Å². The number of imide groups is 1. The number of amides is 3. The van der Waals surface area contributed by atoms with E-state index >= 15 is 0 Å². The Bertz CT molecular complexity index is 789. The van der Waals surface area contributed by atoms with E-state index in [2.05, 4.69) is 37.2 Å². The number of nitrogens with one attached hydrogen (secondary N) is 1. The molecule has 2 bridgehead atoms. The van der Waals surface area contributed by atoms with Crippen LogP contribution in [-0.4, -0.2) is 38.8 Å². The SMILES string of the molecule is CCc1cccc(CC)c1NC(=O)CN1C(=O)[C@@H]2[C@H]3C[C@@H]([C@H](Br)[C@H]3Br)[C@@H]2C1=O. The lowest BCUT2D eigenvalue weighted by Crippen LogP contribution is -2.39. The summed E-state index contributed by atoms with van der Waals surface area (Å²) < 4.78 is 0. The Morgan fingerprint density at radius 1 is 1.04 bits per heavy atom. The van der Waals surface area contributed by atoms with Gasteiger partial charge < -0.3 is 5.32 Å². The van der Waals surface area contributed by atoms with Gasteiger partial charge in [0.2, 0.25) is 17.7 Å². The van der Waals surface area contributed by atoms with Crippen molar-refractivity contribution in [2.75, 3.05) is 11.9 Å². The highest BCUT2D eigenvalue weighted by atomic mass is 79.9. The molecule has 1 aromatic rings. The minimum Gasteiger partial charge on any atom is -0.324 e. The summed E-state index contributed by atoms with van der Waals surface area (Å²) in [7, 11) is 0. The summed E-state index contributed by atoms with van der Waals surface area (Å²) in [5, 5.41) is 2.97. The minimum atomic E-state index is -0.310. The van der Waals surface area contributed by atoms with Crippen molar-refractivity contribution in [1.29, 1.82) is 0 Å². The van der Waals surface area contributed by atoms with Crippen LogP contribution in [0.15, 0.2) is 18.2 Å². The highest BCUT2D eigenvalue weighted by molar-refractivity contribution is 9.12. The second kappa shape index (κ2) is 7.56. The van der Waals surface area contributed by atoms with Gasteiger partial charge in [-0.2, -0.15) is 0 Å². The molecule has 6 atom stereocenters. The number of likely N-dealkylation sites (tertiary alicyclic amines) is 1. The second-order valence-electron chi connectivity index (χ2n) is 7.97. The number of rotatable bonds is 5. The van der Waals surface area contributed by atoms with E-state index in [1.54, 1.807) is 0 Å². The summed E-state index contributed by atoms with van der Waals surface area (Å²) >= 11 is 7.37. The lowest BCUT2D eigenvalue weighted by Gasteiger charge is -2.28. The zero-order chi connectivity index (χ0) is 20.2. The van der Waals surface area contributed by atoms with Gasteiger partial charge in [0, 0.05) is 15.3 Å². The fraction of sp³-hybridized carbons (Fsp3) is 0.571. The molecule has 28 heavy (non-hydrogen) atoms. The first-order chi connectivity index (χ1) is 13.4. The van der Waals surface area contributed by atoms with Crippen LogP contribution < -0.4 is 5.32 Å². The highest BCUT2D eigenvalue weighted by Crippen LogP contribution is 2.60. The van der Waals surface area contributed by atoms with Gasteiger partial charge in [-0.25, -0.2) is 0 Å². The molecule has 1 saturated heterocycles. The van der Waals surface area contributed by atoms with E-state index in [0.717, 1.165) is 36.1 Å². The van der Waals surface area contributed by atoms with Gasteiger partial charge >= 0.3 is 0 Å². The van der Waals surface area contributed by atoms with Gasteiger partial charge in [-0.1, -0.05) is 63.9 Å². The summed E-state index contributed by atoms with van der Waals surface area (Å²) in [5.74, 6) is -0.902. The lowest BCUT2D eigenvalue weighted by atomic mass is 9.81. The van der Waals surface area contributed by atoms with Crippen LogP contribution in [0.4, 0.5) is 5.69 Å². The minimum absolute atomic E-state index is 0.163. The predicted octanol–water partition coefficient (Wildman–Crippen LogP) is 3.53. The maximum Gasteiger partial charge on any atom is 0.244 e. The molecule has 1 heterocycles. The monoisotopic (exact) mass is 510 g/mol. The molecule has 1 aliphatic heterocycles. The Morgan fingerprint density at radius 2 is 1.54 bits per heavy atom. The smallest absolute Gasteiger partial charge is 0.244 e. The molecule has 1 N–H and O–H groups in total. The Labute approximate surface area is 181 Å². The number of benzene rings is 1. The topological polar surface area (TPSA) is 66.5 Å². The third-order valence-corrected chi connectivity index (χ3v) is 9.85.